The fourth-order valence-electron chi connectivity index (χ4n) is 3.18. The van der Waals surface area contributed by atoms with Gasteiger partial charge < -0.3 is 10.1 Å². The van der Waals surface area contributed by atoms with Gasteiger partial charge in [-0.15, -0.1) is 0 Å². The smallest absolute Gasteiger partial charge is 0.122 e. The lowest BCUT2D eigenvalue weighted by atomic mass is 9.88. The lowest BCUT2D eigenvalue weighted by Crippen LogP contribution is -2.40. The Balaban J connectivity index is 1.63. The van der Waals surface area contributed by atoms with Crippen LogP contribution >= 0.6 is 0 Å². The Bertz CT molecular complexity index is 593. The van der Waals surface area contributed by atoms with Gasteiger partial charge in [-0.05, 0) is 44.0 Å². The second-order valence-corrected chi connectivity index (χ2v) is 5.76. The summed E-state index contributed by atoms with van der Waals surface area (Å²) in [5.74, 6) is 1.58. The highest BCUT2D eigenvalue weighted by molar-refractivity contribution is 5.35. The minimum Gasteiger partial charge on any atom is -0.493 e. The summed E-state index contributed by atoms with van der Waals surface area (Å²) >= 11 is 0. The molecule has 0 amide bonds. The van der Waals surface area contributed by atoms with E-state index in [0.717, 1.165) is 31.6 Å². The highest BCUT2D eigenvalue weighted by Gasteiger charge is 2.26. The van der Waals surface area contributed by atoms with E-state index in [0.29, 0.717) is 12.0 Å². The van der Waals surface area contributed by atoms with Gasteiger partial charge in [0.1, 0.15) is 5.75 Å². The Morgan fingerprint density at radius 3 is 3.00 bits per heavy atom. The zero-order valence-corrected chi connectivity index (χ0v) is 12.7. The van der Waals surface area contributed by atoms with Gasteiger partial charge in [-0.1, -0.05) is 18.2 Å². The lowest BCUT2D eigenvalue weighted by molar-refractivity contribution is 0.183. The van der Waals surface area contributed by atoms with Crippen LogP contribution in [-0.2, 0) is 19.9 Å². The van der Waals surface area contributed by atoms with Gasteiger partial charge in [-0.2, -0.15) is 5.10 Å². The molecule has 0 radical (unpaired) electrons. The van der Waals surface area contributed by atoms with Crippen LogP contribution in [0.15, 0.2) is 36.5 Å². The summed E-state index contributed by atoms with van der Waals surface area (Å²) in [6, 6.07) is 10.9. The van der Waals surface area contributed by atoms with Gasteiger partial charge in [0.2, 0.25) is 0 Å². The first-order valence-electron chi connectivity index (χ1n) is 7.63. The highest BCUT2D eigenvalue weighted by atomic mass is 16.5. The van der Waals surface area contributed by atoms with Gasteiger partial charge in [0.05, 0.1) is 6.61 Å². The Hall–Kier alpha value is -1.81. The van der Waals surface area contributed by atoms with Crippen LogP contribution in [0, 0.1) is 5.92 Å². The third kappa shape index (κ3) is 3.10. The number of nitrogens with zero attached hydrogens (tertiary/aromatic N) is 2. The average molecular weight is 285 g/mol. The van der Waals surface area contributed by atoms with Crippen molar-refractivity contribution in [3.05, 3.63) is 47.8 Å². The zero-order chi connectivity index (χ0) is 14.7. The molecule has 0 spiro atoms. The van der Waals surface area contributed by atoms with E-state index in [2.05, 4.69) is 41.7 Å². The van der Waals surface area contributed by atoms with Gasteiger partial charge in [0.25, 0.3) is 0 Å². The third-order valence-corrected chi connectivity index (χ3v) is 4.48. The summed E-state index contributed by atoms with van der Waals surface area (Å²) in [7, 11) is 4.05. The monoisotopic (exact) mass is 285 g/mol. The molecule has 0 aliphatic carbocycles. The summed E-state index contributed by atoms with van der Waals surface area (Å²) in [4.78, 5) is 0. The van der Waals surface area contributed by atoms with Crippen molar-refractivity contribution in [1.82, 2.24) is 15.1 Å². The molecule has 1 aliphatic heterocycles. The molecular weight excluding hydrogens is 262 g/mol. The number of ether oxygens (including phenoxy) is 1. The number of hydrogen-bond acceptors (Lipinski definition) is 3. The SMILES string of the molecule is CNC(CCc1ccnn1C)C1COc2ccccc2C1. The molecule has 2 heterocycles. The van der Waals surface area contributed by atoms with Crippen molar-refractivity contribution in [3.8, 4) is 5.75 Å². The van der Waals surface area contributed by atoms with E-state index < -0.39 is 0 Å². The maximum Gasteiger partial charge on any atom is 0.122 e. The van der Waals surface area contributed by atoms with Crippen molar-refractivity contribution in [2.45, 2.75) is 25.3 Å². The van der Waals surface area contributed by atoms with E-state index in [1.54, 1.807) is 0 Å². The number of benzene rings is 1. The second-order valence-electron chi connectivity index (χ2n) is 5.76. The van der Waals surface area contributed by atoms with Gasteiger partial charge >= 0.3 is 0 Å². The van der Waals surface area contributed by atoms with Crippen molar-refractivity contribution in [2.75, 3.05) is 13.7 Å². The molecule has 4 heteroatoms. The molecule has 2 atom stereocenters. The van der Waals surface area contributed by atoms with Crippen LogP contribution in [0.4, 0.5) is 0 Å². The number of aryl methyl sites for hydroxylation is 2. The molecule has 112 valence electrons. The predicted molar refractivity (Wildman–Crippen MR) is 83.5 cm³/mol. The fourth-order valence-corrected chi connectivity index (χ4v) is 3.18. The molecule has 3 rings (SSSR count). The summed E-state index contributed by atoms with van der Waals surface area (Å²) in [5, 5.41) is 7.71. The van der Waals surface area contributed by atoms with Crippen LogP contribution in [0.1, 0.15) is 17.7 Å². The van der Waals surface area contributed by atoms with E-state index in [9.17, 15) is 0 Å². The van der Waals surface area contributed by atoms with Gasteiger partial charge in [0, 0.05) is 30.9 Å². The minimum atomic E-state index is 0.466. The van der Waals surface area contributed by atoms with Gasteiger partial charge in [-0.25, -0.2) is 0 Å². The molecular formula is C17H23N3O. The van der Waals surface area contributed by atoms with Crippen LogP contribution in [0.2, 0.25) is 0 Å². The molecule has 1 aromatic heterocycles. The van der Waals surface area contributed by atoms with E-state index >= 15 is 0 Å². The molecule has 1 aromatic carbocycles. The number of rotatable bonds is 5. The van der Waals surface area contributed by atoms with Crippen LogP contribution in [0.5, 0.6) is 5.75 Å². The van der Waals surface area contributed by atoms with E-state index in [-0.39, 0.29) is 0 Å². The Kier molecular flexibility index (Phi) is 4.25. The summed E-state index contributed by atoms with van der Waals surface area (Å²) in [6.45, 7) is 0.800. The van der Waals surface area contributed by atoms with Crippen LogP contribution in [0.25, 0.3) is 0 Å². The Labute approximate surface area is 126 Å². The third-order valence-electron chi connectivity index (χ3n) is 4.48. The molecule has 0 bridgehead atoms. The maximum absolute atomic E-state index is 5.92. The number of aromatic nitrogens is 2. The van der Waals surface area contributed by atoms with E-state index in [4.69, 9.17) is 4.74 Å². The first-order valence-corrected chi connectivity index (χ1v) is 7.63. The van der Waals surface area contributed by atoms with Crippen molar-refractivity contribution >= 4 is 0 Å². The lowest BCUT2D eigenvalue weighted by Gasteiger charge is -2.31. The van der Waals surface area contributed by atoms with Crippen molar-refractivity contribution < 1.29 is 4.74 Å². The highest BCUT2D eigenvalue weighted by Crippen LogP contribution is 2.29. The molecule has 21 heavy (non-hydrogen) atoms. The second kappa shape index (κ2) is 6.31. The number of para-hydroxylation sites is 1. The van der Waals surface area contributed by atoms with Crippen molar-refractivity contribution in [1.29, 1.82) is 0 Å². The molecule has 0 saturated heterocycles. The molecule has 2 aromatic rings. The molecule has 1 N–H and O–H groups in total. The van der Waals surface area contributed by atoms with Gasteiger partial charge in [0.15, 0.2) is 0 Å². The number of fused-ring (bicyclic) bond motifs is 1. The quantitative estimate of drug-likeness (QED) is 0.915. The predicted octanol–water partition coefficient (Wildman–Crippen LogP) is 2.19. The largest absolute Gasteiger partial charge is 0.493 e. The van der Waals surface area contributed by atoms with Gasteiger partial charge in [-0.3, -0.25) is 4.68 Å². The van der Waals surface area contributed by atoms with E-state index in [1.807, 2.05) is 24.0 Å². The Morgan fingerprint density at radius 2 is 2.24 bits per heavy atom. The fraction of sp³-hybridized carbons (Fsp3) is 0.471. The molecule has 1 aliphatic rings. The van der Waals surface area contributed by atoms with E-state index in [1.165, 1.54) is 11.3 Å². The summed E-state index contributed by atoms with van der Waals surface area (Å²) in [6.07, 6.45) is 5.10. The van der Waals surface area contributed by atoms with Crippen LogP contribution < -0.4 is 10.1 Å². The number of hydrogen-bond donors (Lipinski definition) is 1. The first-order chi connectivity index (χ1) is 10.3. The first kappa shape index (κ1) is 14.1. The summed E-state index contributed by atoms with van der Waals surface area (Å²) in [5.41, 5.74) is 2.61. The normalized spacial score (nSPS) is 18.9. The molecule has 0 fully saturated rings. The topological polar surface area (TPSA) is 39.1 Å². The average Bonchev–Trinajstić information content (AvgIpc) is 2.93. The van der Waals surface area contributed by atoms with Crippen LogP contribution in [-0.4, -0.2) is 29.5 Å². The minimum absolute atomic E-state index is 0.466. The van der Waals surface area contributed by atoms with Crippen LogP contribution in [0.3, 0.4) is 0 Å². The molecule has 0 saturated carbocycles. The standard InChI is InChI=1S/C17H23N3O/c1-18-16(8-7-15-9-10-19-20(15)2)14-11-13-5-3-4-6-17(13)21-12-14/h3-6,9-10,14,16,18H,7-8,11-12H2,1-2H3. The van der Waals surface area contributed by atoms with Crippen molar-refractivity contribution in [2.24, 2.45) is 13.0 Å². The number of nitrogens with one attached hydrogen (secondary N) is 1. The summed E-state index contributed by atoms with van der Waals surface area (Å²) < 4.78 is 7.88. The van der Waals surface area contributed by atoms with Crippen molar-refractivity contribution in [3.63, 3.8) is 0 Å². The molecule has 4 nitrogen and oxygen atoms in total. The molecule has 2 unspecified atom stereocenters. The zero-order valence-electron chi connectivity index (χ0n) is 12.7. The Morgan fingerprint density at radius 1 is 1.38 bits per heavy atom. The maximum atomic E-state index is 5.92.